The molecule has 1 nitrogen and oxygen atoms in total. The van der Waals surface area contributed by atoms with Crippen molar-refractivity contribution in [3.05, 3.63) is 60.2 Å². The molecule has 1 aromatic rings. The van der Waals surface area contributed by atoms with Gasteiger partial charge in [-0.2, -0.15) is 5.26 Å². The molecule has 0 atom stereocenters. The van der Waals surface area contributed by atoms with Crippen molar-refractivity contribution in [3.8, 4) is 6.07 Å². The molecular formula is C16H17N. The zero-order valence-electron chi connectivity index (χ0n) is 10.1. The normalized spacial score (nSPS) is 26.7. The van der Waals surface area contributed by atoms with Gasteiger partial charge in [-0.25, -0.2) is 0 Å². The van der Waals surface area contributed by atoms with Crippen LogP contribution in [0.4, 0.5) is 0 Å². The number of rotatable bonds is 3. The average molecular weight is 223 g/mol. The van der Waals surface area contributed by atoms with Crippen LogP contribution >= 0.6 is 0 Å². The Morgan fingerprint density at radius 1 is 1.18 bits per heavy atom. The predicted octanol–water partition coefficient (Wildman–Crippen LogP) is 4.21. The Labute approximate surface area is 103 Å². The molecule has 0 radical (unpaired) electrons. The highest BCUT2D eigenvalue weighted by Crippen LogP contribution is 2.34. The van der Waals surface area contributed by atoms with Crippen LogP contribution in [-0.4, -0.2) is 0 Å². The second-order valence-electron chi connectivity index (χ2n) is 4.56. The predicted molar refractivity (Wildman–Crippen MR) is 70.4 cm³/mol. The summed E-state index contributed by atoms with van der Waals surface area (Å²) in [6.45, 7) is 2.12. The maximum Gasteiger partial charge on any atom is 0.0934 e. The summed E-state index contributed by atoms with van der Waals surface area (Å²) >= 11 is 0. The molecule has 0 saturated carbocycles. The van der Waals surface area contributed by atoms with Crippen molar-refractivity contribution in [3.63, 3.8) is 0 Å². The summed E-state index contributed by atoms with van der Waals surface area (Å²) in [7, 11) is 0. The van der Waals surface area contributed by atoms with Gasteiger partial charge < -0.3 is 0 Å². The van der Waals surface area contributed by atoms with E-state index in [2.05, 4.69) is 61.6 Å². The van der Waals surface area contributed by atoms with Crippen molar-refractivity contribution < 1.29 is 0 Å². The molecule has 1 aliphatic rings. The lowest BCUT2D eigenvalue weighted by atomic mass is 9.78. The number of nitriles is 1. The number of hydrogen-bond donors (Lipinski definition) is 0. The molecule has 0 aromatic heterocycles. The highest BCUT2D eigenvalue weighted by Gasteiger charge is 2.25. The van der Waals surface area contributed by atoms with E-state index in [1.165, 1.54) is 5.56 Å². The Balaban J connectivity index is 2.19. The highest BCUT2D eigenvalue weighted by atomic mass is 14.4. The first-order valence-corrected chi connectivity index (χ1v) is 6.14. The van der Waals surface area contributed by atoms with E-state index >= 15 is 0 Å². The van der Waals surface area contributed by atoms with Crippen molar-refractivity contribution >= 4 is 0 Å². The summed E-state index contributed by atoms with van der Waals surface area (Å²) in [6, 6.07) is 12.8. The molecule has 2 rings (SSSR count). The van der Waals surface area contributed by atoms with Gasteiger partial charge in [-0.05, 0) is 12.0 Å². The SMILES string of the molecule is CCCC1(C#N)C=CC(c2ccccc2)C=C1. The molecule has 0 fully saturated rings. The second kappa shape index (κ2) is 5.01. The standard InChI is InChI=1S/C16H17N/c1-2-10-16(13-17)11-8-15(9-12-16)14-6-4-3-5-7-14/h3-9,11-12,15H,2,10H2,1H3. The Morgan fingerprint density at radius 2 is 1.82 bits per heavy atom. The topological polar surface area (TPSA) is 23.8 Å². The number of benzene rings is 1. The van der Waals surface area contributed by atoms with Gasteiger partial charge in [0.15, 0.2) is 0 Å². The molecule has 0 heterocycles. The van der Waals surface area contributed by atoms with Crippen molar-refractivity contribution in [1.29, 1.82) is 5.26 Å². The van der Waals surface area contributed by atoms with E-state index in [-0.39, 0.29) is 5.41 Å². The third-order valence-corrected chi connectivity index (χ3v) is 3.26. The van der Waals surface area contributed by atoms with Gasteiger partial charge in [0.2, 0.25) is 0 Å². The van der Waals surface area contributed by atoms with Crippen LogP contribution in [0.5, 0.6) is 0 Å². The fraction of sp³-hybridized carbons (Fsp3) is 0.312. The minimum atomic E-state index is -0.375. The molecule has 1 heteroatoms. The van der Waals surface area contributed by atoms with Crippen LogP contribution in [0.1, 0.15) is 31.2 Å². The van der Waals surface area contributed by atoms with Crippen LogP contribution < -0.4 is 0 Å². The van der Waals surface area contributed by atoms with E-state index in [1.54, 1.807) is 0 Å². The molecule has 1 aliphatic carbocycles. The lowest BCUT2D eigenvalue weighted by molar-refractivity contribution is 0.556. The fourth-order valence-electron chi connectivity index (χ4n) is 2.28. The van der Waals surface area contributed by atoms with Crippen LogP contribution in [-0.2, 0) is 0 Å². The first kappa shape index (κ1) is 11.7. The van der Waals surface area contributed by atoms with Gasteiger partial charge in [0.25, 0.3) is 0 Å². The Kier molecular flexibility index (Phi) is 3.44. The van der Waals surface area contributed by atoms with E-state index in [1.807, 2.05) is 6.07 Å². The van der Waals surface area contributed by atoms with E-state index in [0.29, 0.717) is 5.92 Å². The Hall–Kier alpha value is -1.81. The van der Waals surface area contributed by atoms with Crippen LogP contribution in [0.15, 0.2) is 54.6 Å². The van der Waals surface area contributed by atoms with Gasteiger partial charge in [0.05, 0.1) is 11.5 Å². The molecule has 0 amide bonds. The second-order valence-corrected chi connectivity index (χ2v) is 4.56. The van der Waals surface area contributed by atoms with Crippen LogP contribution in [0.2, 0.25) is 0 Å². The summed E-state index contributed by atoms with van der Waals surface area (Å²) in [6.07, 6.45) is 10.3. The molecule has 0 N–H and O–H groups in total. The quantitative estimate of drug-likeness (QED) is 0.704. The van der Waals surface area contributed by atoms with Gasteiger partial charge in [0, 0.05) is 5.92 Å². The van der Waals surface area contributed by atoms with Crippen LogP contribution in [0, 0.1) is 16.7 Å². The molecule has 1 aromatic carbocycles. The van der Waals surface area contributed by atoms with Gasteiger partial charge >= 0.3 is 0 Å². The zero-order valence-corrected chi connectivity index (χ0v) is 10.1. The summed E-state index contributed by atoms with van der Waals surface area (Å²) < 4.78 is 0. The lowest BCUT2D eigenvalue weighted by Crippen LogP contribution is -2.15. The molecular weight excluding hydrogens is 206 g/mol. The first-order valence-electron chi connectivity index (χ1n) is 6.14. The van der Waals surface area contributed by atoms with Crippen LogP contribution in [0.3, 0.4) is 0 Å². The van der Waals surface area contributed by atoms with Gasteiger partial charge in [0.1, 0.15) is 0 Å². The summed E-state index contributed by atoms with van der Waals surface area (Å²) in [5.74, 6) is 0.314. The van der Waals surface area contributed by atoms with E-state index in [4.69, 9.17) is 0 Å². The largest absolute Gasteiger partial charge is 0.197 e. The third-order valence-electron chi connectivity index (χ3n) is 3.26. The van der Waals surface area contributed by atoms with Gasteiger partial charge in [-0.1, -0.05) is 68.0 Å². The highest BCUT2D eigenvalue weighted by molar-refractivity contribution is 5.37. The van der Waals surface area contributed by atoms with Crippen molar-refractivity contribution in [2.45, 2.75) is 25.7 Å². The average Bonchev–Trinajstić information content (AvgIpc) is 2.41. The fourth-order valence-corrected chi connectivity index (χ4v) is 2.28. The summed E-state index contributed by atoms with van der Waals surface area (Å²) in [4.78, 5) is 0. The minimum absolute atomic E-state index is 0.314. The maximum atomic E-state index is 9.28. The molecule has 0 bridgehead atoms. The van der Waals surface area contributed by atoms with Crippen molar-refractivity contribution in [2.24, 2.45) is 5.41 Å². The van der Waals surface area contributed by atoms with E-state index < -0.39 is 0 Å². The number of hydrogen-bond acceptors (Lipinski definition) is 1. The molecule has 86 valence electrons. The zero-order chi connectivity index (χ0) is 12.1. The smallest absolute Gasteiger partial charge is 0.0934 e. The maximum absolute atomic E-state index is 9.28. The summed E-state index contributed by atoms with van der Waals surface area (Å²) in [5.41, 5.74) is 0.906. The van der Waals surface area contributed by atoms with E-state index in [0.717, 1.165) is 12.8 Å². The monoisotopic (exact) mass is 223 g/mol. The van der Waals surface area contributed by atoms with Gasteiger partial charge in [-0.3, -0.25) is 0 Å². The molecule has 17 heavy (non-hydrogen) atoms. The number of nitrogens with zero attached hydrogens (tertiary/aromatic N) is 1. The van der Waals surface area contributed by atoms with Gasteiger partial charge in [-0.15, -0.1) is 0 Å². The minimum Gasteiger partial charge on any atom is -0.197 e. The third kappa shape index (κ3) is 2.47. The molecule has 0 spiro atoms. The Bertz CT molecular complexity index is 448. The van der Waals surface area contributed by atoms with Crippen molar-refractivity contribution in [1.82, 2.24) is 0 Å². The molecule has 0 unspecified atom stereocenters. The Morgan fingerprint density at radius 3 is 2.35 bits per heavy atom. The first-order chi connectivity index (χ1) is 8.29. The molecule has 0 aliphatic heterocycles. The van der Waals surface area contributed by atoms with Crippen molar-refractivity contribution in [2.75, 3.05) is 0 Å². The lowest BCUT2D eigenvalue weighted by Gasteiger charge is -2.23. The summed E-state index contributed by atoms with van der Waals surface area (Å²) in [5, 5.41) is 9.28. The molecule has 0 saturated heterocycles. The van der Waals surface area contributed by atoms with Crippen LogP contribution in [0.25, 0.3) is 0 Å². The number of allylic oxidation sites excluding steroid dienone is 4. The van der Waals surface area contributed by atoms with E-state index in [9.17, 15) is 5.26 Å².